The van der Waals surface area contributed by atoms with Gasteiger partial charge in [-0.15, -0.1) is 0 Å². The van der Waals surface area contributed by atoms with E-state index in [1.165, 1.54) is 24.1 Å². The summed E-state index contributed by atoms with van der Waals surface area (Å²) in [4.78, 5) is 28.4. The molecule has 0 heterocycles. The van der Waals surface area contributed by atoms with Gasteiger partial charge in [0.2, 0.25) is 11.8 Å². The van der Waals surface area contributed by atoms with E-state index in [0.29, 0.717) is 12.3 Å². The maximum Gasteiger partial charge on any atom is 0.264 e. The van der Waals surface area contributed by atoms with Crippen LogP contribution in [0.15, 0.2) is 83.8 Å². The van der Waals surface area contributed by atoms with Gasteiger partial charge in [-0.3, -0.25) is 13.9 Å². The first-order valence-electron chi connectivity index (χ1n) is 13.0. The van der Waals surface area contributed by atoms with Crippen LogP contribution < -0.4 is 14.4 Å². The number of ether oxygens (including phenoxy) is 1. The molecule has 1 atom stereocenters. The van der Waals surface area contributed by atoms with Crippen molar-refractivity contribution < 1.29 is 22.7 Å². The maximum atomic E-state index is 13.9. The molecule has 1 N–H and O–H groups in total. The van der Waals surface area contributed by atoms with Gasteiger partial charge in [0.25, 0.3) is 10.0 Å². The van der Waals surface area contributed by atoms with E-state index in [1.54, 1.807) is 49.4 Å². The van der Waals surface area contributed by atoms with E-state index in [2.05, 4.69) is 5.32 Å². The molecule has 0 aromatic heterocycles. The minimum Gasteiger partial charge on any atom is -0.497 e. The van der Waals surface area contributed by atoms with Crippen molar-refractivity contribution in [3.8, 4) is 5.75 Å². The smallest absolute Gasteiger partial charge is 0.264 e. The van der Waals surface area contributed by atoms with Crippen LogP contribution in [-0.2, 0) is 26.2 Å². The number of hydrogen-bond donors (Lipinski definition) is 1. The van der Waals surface area contributed by atoms with Crippen LogP contribution in [0.4, 0.5) is 5.69 Å². The minimum atomic E-state index is -4.12. The van der Waals surface area contributed by atoms with Crippen molar-refractivity contribution in [2.75, 3.05) is 24.5 Å². The minimum absolute atomic E-state index is 0.0520. The lowest BCUT2D eigenvalue weighted by atomic mass is 10.1. The topological polar surface area (TPSA) is 96.0 Å². The zero-order valence-corrected chi connectivity index (χ0v) is 23.8. The second kappa shape index (κ2) is 13.8. The standard InChI is InChI=1S/C30H37N3O5S/c1-5-6-18-31-30(35)24(3)32(21-25-13-10-12-23(2)19-25)29(34)22-33(26-14-11-15-27(20-26)38-4)39(36,37)28-16-8-7-9-17-28/h7-17,19-20,24H,5-6,18,21-22H2,1-4H3,(H,31,35). The quantitative estimate of drug-likeness (QED) is 0.315. The molecule has 1 unspecified atom stereocenters. The number of unbranched alkanes of at least 4 members (excludes halogenated alkanes) is 1. The van der Waals surface area contributed by atoms with Gasteiger partial charge in [0, 0.05) is 19.2 Å². The number of carbonyl (C=O) groups is 2. The Labute approximate surface area is 231 Å². The number of methoxy groups -OCH3 is 1. The van der Waals surface area contributed by atoms with Gasteiger partial charge in [-0.1, -0.05) is 67.4 Å². The summed E-state index contributed by atoms with van der Waals surface area (Å²) in [5.74, 6) is -0.339. The first-order chi connectivity index (χ1) is 18.7. The summed E-state index contributed by atoms with van der Waals surface area (Å²) in [6.45, 7) is 5.81. The van der Waals surface area contributed by atoms with Crippen LogP contribution in [0.5, 0.6) is 5.75 Å². The summed E-state index contributed by atoms with van der Waals surface area (Å²) >= 11 is 0. The summed E-state index contributed by atoms with van der Waals surface area (Å²) in [6.07, 6.45) is 1.75. The fourth-order valence-electron chi connectivity index (χ4n) is 4.14. The number of anilines is 1. The molecular weight excluding hydrogens is 514 g/mol. The van der Waals surface area contributed by atoms with Crippen LogP contribution in [0.25, 0.3) is 0 Å². The Morgan fingerprint density at radius 1 is 0.974 bits per heavy atom. The van der Waals surface area contributed by atoms with Gasteiger partial charge in [0.15, 0.2) is 0 Å². The molecule has 9 heteroatoms. The largest absolute Gasteiger partial charge is 0.497 e. The van der Waals surface area contributed by atoms with Crippen molar-refractivity contribution in [3.05, 3.63) is 90.0 Å². The highest BCUT2D eigenvalue weighted by molar-refractivity contribution is 7.92. The Morgan fingerprint density at radius 3 is 2.36 bits per heavy atom. The van der Waals surface area contributed by atoms with Gasteiger partial charge in [-0.2, -0.15) is 0 Å². The lowest BCUT2D eigenvalue weighted by Crippen LogP contribution is -2.51. The monoisotopic (exact) mass is 551 g/mol. The molecule has 208 valence electrons. The highest BCUT2D eigenvalue weighted by Crippen LogP contribution is 2.27. The molecule has 2 amide bonds. The molecule has 0 aliphatic carbocycles. The summed E-state index contributed by atoms with van der Waals surface area (Å²) in [5.41, 5.74) is 2.14. The number of rotatable bonds is 13. The number of carbonyl (C=O) groups excluding carboxylic acids is 2. The Balaban J connectivity index is 2.01. The second-order valence-electron chi connectivity index (χ2n) is 9.36. The highest BCUT2D eigenvalue weighted by Gasteiger charge is 2.32. The number of aryl methyl sites for hydroxylation is 1. The van der Waals surface area contributed by atoms with Gasteiger partial charge in [-0.05, 0) is 50.1 Å². The van der Waals surface area contributed by atoms with E-state index in [0.717, 1.165) is 28.3 Å². The number of hydrogen-bond acceptors (Lipinski definition) is 5. The number of nitrogens with zero attached hydrogens (tertiary/aromatic N) is 2. The van der Waals surface area contributed by atoms with Crippen LogP contribution in [-0.4, -0.2) is 51.4 Å². The molecule has 8 nitrogen and oxygen atoms in total. The SMILES string of the molecule is CCCCNC(=O)C(C)N(Cc1cccc(C)c1)C(=O)CN(c1cccc(OC)c1)S(=O)(=O)c1ccccc1. The molecule has 3 rings (SSSR count). The molecule has 0 radical (unpaired) electrons. The predicted molar refractivity (Wildman–Crippen MR) is 153 cm³/mol. The van der Waals surface area contributed by atoms with Crippen molar-refractivity contribution in [3.63, 3.8) is 0 Å². The van der Waals surface area contributed by atoms with E-state index >= 15 is 0 Å². The van der Waals surface area contributed by atoms with Crippen molar-refractivity contribution in [2.45, 2.75) is 51.1 Å². The van der Waals surface area contributed by atoms with Crippen LogP contribution in [0.1, 0.15) is 37.8 Å². The van der Waals surface area contributed by atoms with Crippen molar-refractivity contribution in [1.82, 2.24) is 10.2 Å². The fraction of sp³-hybridized carbons (Fsp3) is 0.333. The number of sulfonamides is 1. The first-order valence-corrected chi connectivity index (χ1v) is 14.5. The zero-order valence-electron chi connectivity index (χ0n) is 23.0. The van der Waals surface area contributed by atoms with Crippen LogP contribution in [0.2, 0.25) is 0 Å². The Kier molecular flexibility index (Phi) is 10.5. The van der Waals surface area contributed by atoms with Gasteiger partial charge >= 0.3 is 0 Å². The molecule has 0 fully saturated rings. The number of benzene rings is 3. The molecule has 0 spiro atoms. The summed E-state index contributed by atoms with van der Waals surface area (Å²) in [6, 6.07) is 21.4. The zero-order chi connectivity index (χ0) is 28.4. The molecule has 39 heavy (non-hydrogen) atoms. The third-order valence-corrected chi connectivity index (χ3v) is 8.17. The average molecular weight is 552 g/mol. The third kappa shape index (κ3) is 7.83. The molecule has 0 aliphatic rings. The first kappa shape index (κ1) is 29.7. The summed E-state index contributed by atoms with van der Waals surface area (Å²) < 4.78 is 34.0. The van der Waals surface area contributed by atoms with Gasteiger partial charge in [0.1, 0.15) is 18.3 Å². The lowest BCUT2D eigenvalue weighted by Gasteiger charge is -2.32. The van der Waals surface area contributed by atoms with E-state index in [-0.39, 0.29) is 23.0 Å². The third-order valence-electron chi connectivity index (χ3n) is 6.38. The Morgan fingerprint density at radius 2 is 1.69 bits per heavy atom. The molecule has 3 aromatic rings. The Hall–Kier alpha value is -3.85. The van der Waals surface area contributed by atoms with Crippen molar-refractivity contribution in [2.24, 2.45) is 0 Å². The lowest BCUT2D eigenvalue weighted by molar-refractivity contribution is -0.139. The highest BCUT2D eigenvalue weighted by atomic mass is 32.2. The fourth-order valence-corrected chi connectivity index (χ4v) is 5.57. The van der Waals surface area contributed by atoms with Crippen molar-refractivity contribution in [1.29, 1.82) is 0 Å². The molecule has 3 aromatic carbocycles. The Bertz CT molecular complexity index is 1360. The van der Waals surface area contributed by atoms with E-state index in [1.807, 2.05) is 38.1 Å². The van der Waals surface area contributed by atoms with Crippen LogP contribution in [0, 0.1) is 6.92 Å². The second-order valence-corrected chi connectivity index (χ2v) is 11.2. The average Bonchev–Trinajstić information content (AvgIpc) is 2.94. The molecule has 0 bridgehead atoms. The molecule has 0 saturated heterocycles. The van der Waals surface area contributed by atoms with E-state index in [9.17, 15) is 18.0 Å². The van der Waals surface area contributed by atoms with Crippen LogP contribution >= 0.6 is 0 Å². The van der Waals surface area contributed by atoms with Gasteiger partial charge in [0.05, 0.1) is 17.7 Å². The molecule has 0 saturated carbocycles. The summed E-state index contributed by atoms with van der Waals surface area (Å²) in [7, 11) is -2.63. The predicted octanol–water partition coefficient (Wildman–Crippen LogP) is 4.53. The number of nitrogens with one attached hydrogen (secondary N) is 1. The normalized spacial score (nSPS) is 11.9. The summed E-state index contributed by atoms with van der Waals surface area (Å²) in [5, 5.41) is 2.89. The van der Waals surface area contributed by atoms with Crippen molar-refractivity contribution >= 4 is 27.5 Å². The maximum absolute atomic E-state index is 13.9. The molecular formula is C30H37N3O5S. The number of amides is 2. The molecule has 0 aliphatic heterocycles. The van der Waals surface area contributed by atoms with Gasteiger partial charge < -0.3 is 15.0 Å². The van der Waals surface area contributed by atoms with E-state index in [4.69, 9.17) is 4.74 Å². The van der Waals surface area contributed by atoms with E-state index < -0.39 is 28.5 Å². The van der Waals surface area contributed by atoms with Gasteiger partial charge in [-0.25, -0.2) is 8.42 Å². The van der Waals surface area contributed by atoms with Crippen LogP contribution in [0.3, 0.4) is 0 Å².